The summed E-state index contributed by atoms with van der Waals surface area (Å²) in [4.78, 5) is 0.616. The molecule has 0 saturated carbocycles. The fraction of sp³-hybridized carbons (Fsp3) is 0.143. The van der Waals surface area contributed by atoms with E-state index in [0.717, 1.165) is 11.1 Å². The summed E-state index contributed by atoms with van der Waals surface area (Å²) in [5.74, 6) is 0.606. The molecule has 0 radical (unpaired) electrons. The van der Waals surface area contributed by atoms with Crippen LogP contribution in [0.25, 0.3) is 11.1 Å². The molecule has 1 atom stereocenters. The van der Waals surface area contributed by atoms with Crippen molar-refractivity contribution in [2.45, 2.75) is 11.8 Å². The Hall–Kier alpha value is -0.490. The third-order valence-electron chi connectivity index (χ3n) is 2.81. The molecule has 0 aromatic heterocycles. The van der Waals surface area contributed by atoms with E-state index >= 15 is 0 Å². The average Bonchev–Trinajstić information content (AvgIpc) is 2.39. The van der Waals surface area contributed by atoms with Crippen LogP contribution in [0.4, 0.5) is 0 Å². The molecule has 0 bridgehead atoms. The Morgan fingerprint density at radius 3 is 2.42 bits per heavy atom. The third kappa shape index (κ3) is 2.57. The van der Waals surface area contributed by atoms with Gasteiger partial charge in [-0.3, -0.25) is 0 Å². The van der Waals surface area contributed by atoms with Crippen molar-refractivity contribution >= 4 is 10.9 Å². The number of para-hydroxylation sites is 1. The number of hydrogen-bond donors (Lipinski definition) is 0. The molecular formula is C14H13NaO3S. The number of rotatable bonds is 2. The molecule has 0 N–H and O–H groups in total. The smallest absolute Gasteiger partial charge is 0.760 e. The minimum Gasteiger partial charge on any atom is -0.760 e. The Labute approximate surface area is 136 Å². The van der Waals surface area contributed by atoms with Gasteiger partial charge in [0.25, 0.3) is 0 Å². The Bertz CT molecular complexity index is 590. The van der Waals surface area contributed by atoms with Crippen LogP contribution in [0.2, 0.25) is 0 Å². The van der Waals surface area contributed by atoms with Crippen LogP contribution < -0.4 is 33.7 Å². The maximum absolute atomic E-state index is 12.7. The zero-order valence-corrected chi connectivity index (χ0v) is 13.8. The van der Waals surface area contributed by atoms with Crippen LogP contribution in [0.3, 0.4) is 0 Å². The van der Waals surface area contributed by atoms with Crippen molar-refractivity contribution in [3.8, 4) is 16.9 Å². The van der Waals surface area contributed by atoms with Gasteiger partial charge in [-0.1, -0.05) is 36.4 Å². The zero-order valence-electron chi connectivity index (χ0n) is 11.0. The first-order valence-electron chi connectivity index (χ1n) is 5.81. The summed E-state index contributed by atoms with van der Waals surface area (Å²) >= 11 is 0. The van der Waals surface area contributed by atoms with Gasteiger partial charge in [0.05, 0.1) is 6.61 Å². The first kappa shape index (κ1) is 14.9. The average molecular weight is 284 g/mol. The molecule has 5 heteroatoms. The quantitative estimate of drug-likeness (QED) is 0.770. The molecule has 1 aliphatic rings. The molecule has 2 aromatic carbocycles. The van der Waals surface area contributed by atoms with Gasteiger partial charge in [0, 0.05) is 16.0 Å². The molecular weight excluding hydrogens is 271 g/mol. The predicted octanol–water partition coefficient (Wildman–Crippen LogP) is 0.910. The van der Waals surface area contributed by atoms with Gasteiger partial charge < -0.3 is 12.9 Å². The summed E-state index contributed by atoms with van der Waals surface area (Å²) in [6, 6.07) is 15.1. The van der Waals surface area contributed by atoms with E-state index in [1.807, 2.05) is 42.5 Å². The van der Waals surface area contributed by atoms with Gasteiger partial charge in [-0.25, -0.2) is 0 Å². The predicted molar refractivity (Wildman–Crippen MR) is 70.8 cm³/mol. The topological polar surface area (TPSA) is 41.5 Å². The van der Waals surface area contributed by atoms with E-state index < -0.39 is 10.9 Å². The Morgan fingerprint density at radius 2 is 1.68 bits per heavy atom. The van der Waals surface area contributed by atoms with Crippen LogP contribution in [0.15, 0.2) is 53.4 Å². The van der Waals surface area contributed by atoms with Crippen molar-refractivity contribution in [2.24, 2.45) is 0 Å². The van der Waals surface area contributed by atoms with E-state index in [2.05, 4.69) is 0 Å². The summed E-state index contributed by atoms with van der Waals surface area (Å²) in [7, 11) is -2.91. The van der Waals surface area contributed by atoms with E-state index in [1.54, 1.807) is 13.0 Å². The largest absolute Gasteiger partial charge is 1.00 e. The van der Waals surface area contributed by atoms with Gasteiger partial charge in [0.2, 0.25) is 0 Å². The van der Waals surface area contributed by atoms with Gasteiger partial charge in [-0.15, -0.1) is 0 Å². The van der Waals surface area contributed by atoms with E-state index in [1.165, 1.54) is 0 Å². The molecule has 94 valence electrons. The molecule has 1 aliphatic heterocycles. The van der Waals surface area contributed by atoms with Crippen LogP contribution in [-0.2, 0) is 4.18 Å². The molecule has 0 aliphatic carbocycles. The molecule has 1 unspecified atom stereocenters. The summed E-state index contributed by atoms with van der Waals surface area (Å²) in [6.07, 6.45) is 0. The molecule has 3 nitrogen and oxygen atoms in total. The SMILES string of the molecule is CCOS1([O-])Oc2ccccc2-c2ccccc21.[Na+]. The first-order valence-corrected chi connectivity index (χ1v) is 7.22. The second-order valence-corrected chi connectivity index (χ2v) is 5.69. The minimum absolute atomic E-state index is 0. The fourth-order valence-corrected chi connectivity index (χ4v) is 3.72. The molecule has 0 saturated heterocycles. The minimum atomic E-state index is -2.91. The summed E-state index contributed by atoms with van der Waals surface area (Å²) < 4.78 is 23.7. The van der Waals surface area contributed by atoms with Gasteiger partial charge in [-0.05, 0) is 29.9 Å². The van der Waals surface area contributed by atoms with Crippen molar-refractivity contribution in [3.05, 3.63) is 48.5 Å². The van der Waals surface area contributed by atoms with Gasteiger partial charge >= 0.3 is 29.6 Å². The Kier molecular flexibility index (Phi) is 4.61. The number of fused-ring (bicyclic) bond motifs is 3. The standard InChI is InChI=1S/C14H14O3S.Na/c1-2-16-18(15)14-10-6-4-8-12(14)11-7-3-5-9-13(11)17-18;/h3-10,15H,2H2,1H3;/q;+1/p-1. The maximum atomic E-state index is 12.7. The Balaban J connectivity index is 0.00000133. The van der Waals surface area contributed by atoms with E-state index in [0.29, 0.717) is 17.3 Å². The van der Waals surface area contributed by atoms with Crippen molar-refractivity contribution < 1.29 is 42.5 Å². The second-order valence-electron chi connectivity index (χ2n) is 3.94. The maximum Gasteiger partial charge on any atom is 1.00 e. The molecule has 0 fully saturated rings. The summed E-state index contributed by atoms with van der Waals surface area (Å²) in [5.41, 5.74) is 1.87. The molecule has 0 spiro atoms. The van der Waals surface area contributed by atoms with Crippen molar-refractivity contribution in [3.63, 3.8) is 0 Å². The Morgan fingerprint density at radius 1 is 1.05 bits per heavy atom. The van der Waals surface area contributed by atoms with Gasteiger partial charge in [0.15, 0.2) is 0 Å². The summed E-state index contributed by atoms with van der Waals surface area (Å²) in [6.45, 7) is 2.15. The normalized spacial score (nSPS) is 23.1. The van der Waals surface area contributed by atoms with Crippen molar-refractivity contribution in [2.75, 3.05) is 6.61 Å². The van der Waals surface area contributed by atoms with E-state index in [-0.39, 0.29) is 29.6 Å². The summed E-state index contributed by atoms with van der Waals surface area (Å²) in [5, 5.41) is 0. The number of hydrogen-bond acceptors (Lipinski definition) is 3. The first-order chi connectivity index (χ1) is 8.74. The van der Waals surface area contributed by atoms with Crippen LogP contribution in [0.1, 0.15) is 6.92 Å². The fourth-order valence-electron chi connectivity index (χ4n) is 2.07. The molecule has 0 amide bonds. The van der Waals surface area contributed by atoms with Crippen LogP contribution in [0.5, 0.6) is 5.75 Å². The van der Waals surface area contributed by atoms with Gasteiger partial charge in [0.1, 0.15) is 5.75 Å². The van der Waals surface area contributed by atoms with Crippen LogP contribution in [-0.4, -0.2) is 11.2 Å². The van der Waals surface area contributed by atoms with Gasteiger partial charge in [-0.2, -0.15) is 0 Å². The van der Waals surface area contributed by atoms with Crippen molar-refractivity contribution in [1.29, 1.82) is 0 Å². The molecule has 1 heterocycles. The number of benzene rings is 2. The molecule has 19 heavy (non-hydrogen) atoms. The monoisotopic (exact) mass is 284 g/mol. The molecule has 2 aromatic rings. The third-order valence-corrected chi connectivity index (χ3v) is 4.65. The van der Waals surface area contributed by atoms with Crippen molar-refractivity contribution in [1.82, 2.24) is 0 Å². The second kappa shape index (κ2) is 5.87. The van der Waals surface area contributed by atoms with E-state index in [9.17, 15) is 4.55 Å². The zero-order chi connectivity index (χ0) is 12.6. The molecule has 3 rings (SSSR count). The van der Waals surface area contributed by atoms with Crippen LogP contribution in [0, 0.1) is 0 Å². The van der Waals surface area contributed by atoms with Crippen LogP contribution >= 0.6 is 10.9 Å². The van der Waals surface area contributed by atoms with E-state index in [4.69, 9.17) is 8.37 Å².